The predicted octanol–water partition coefficient (Wildman–Crippen LogP) is 7.42. The van der Waals surface area contributed by atoms with E-state index in [-0.39, 0.29) is 0 Å². The number of hydrogen-bond donors (Lipinski definition) is 0. The summed E-state index contributed by atoms with van der Waals surface area (Å²) in [6.07, 6.45) is 0. The van der Waals surface area contributed by atoms with Crippen LogP contribution in [-0.2, 0) is 6.61 Å². The molecule has 4 aromatic rings. The molecule has 0 aromatic heterocycles. The van der Waals surface area contributed by atoms with Gasteiger partial charge in [-0.3, -0.25) is 0 Å². The van der Waals surface area contributed by atoms with Gasteiger partial charge in [0.05, 0.1) is 5.03 Å². The van der Waals surface area contributed by atoms with Crippen molar-refractivity contribution in [3.63, 3.8) is 0 Å². The van der Waals surface area contributed by atoms with Crippen LogP contribution in [0.3, 0.4) is 0 Å². The molecule has 0 aliphatic carbocycles. The van der Waals surface area contributed by atoms with Gasteiger partial charge in [0.15, 0.2) is 0 Å². The average Bonchev–Trinajstić information content (AvgIpc) is 2.81. The Morgan fingerprint density at radius 3 is 1.62 bits per heavy atom. The number of halogens is 1. The SMILES string of the molecule is Cl/C(=C(/c1ccccc1)c1ccc(OCc2ccccc2)cc1)c1ccccc1. The van der Waals surface area contributed by atoms with Crippen LogP contribution in [0.4, 0.5) is 0 Å². The highest BCUT2D eigenvalue weighted by Gasteiger charge is 2.12. The molecule has 142 valence electrons. The van der Waals surface area contributed by atoms with E-state index in [0.29, 0.717) is 6.61 Å². The first-order chi connectivity index (χ1) is 14.3. The van der Waals surface area contributed by atoms with Crippen molar-refractivity contribution in [3.05, 3.63) is 138 Å². The van der Waals surface area contributed by atoms with Crippen molar-refractivity contribution in [2.24, 2.45) is 0 Å². The molecule has 2 heteroatoms. The van der Waals surface area contributed by atoms with Gasteiger partial charge in [-0.1, -0.05) is 115 Å². The maximum Gasteiger partial charge on any atom is 0.119 e. The molecule has 0 atom stereocenters. The Morgan fingerprint density at radius 2 is 1.03 bits per heavy atom. The molecule has 4 rings (SSSR count). The number of rotatable bonds is 6. The first-order valence-electron chi connectivity index (χ1n) is 9.59. The van der Waals surface area contributed by atoms with Gasteiger partial charge >= 0.3 is 0 Å². The second-order valence-electron chi connectivity index (χ2n) is 6.72. The quantitative estimate of drug-likeness (QED) is 0.308. The Bertz CT molecular complexity index is 1070. The summed E-state index contributed by atoms with van der Waals surface area (Å²) in [4.78, 5) is 0. The van der Waals surface area contributed by atoms with Crippen molar-refractivity contribution in [3.8, 4) is 5.75 Å². The summed E-state index contributed by atoms with van der Waals surface area (Å²) in [5.41, 5.74) is 5.29. The lowest BCUT2D eigenvalue weighted by atomic mass is 9.95. The van der Waals surface area contributed by atoms with Crippen LogP contribution in [0.2, 0.25) is 0 Å². The van der Waals surface area contributed by atoms with E-state index in [1.165, 1.54) is 0 Å². The molecule has 29 heavy (non-hydrogen) atoms. The van der Waals surface area contributed by atoms with Crippen LogP contribution in [0.1, 0.15) is 22.3 Å². The maximum absolute atomic E-state index is 6.87. The van der Waals surface area contributed by atoms with Crippen molar-refractivity contribution < 1.29 is 4.74 Å². The van der Waals surface area contributed by atoms with Crippen molar-refractivity contribution in [2.45, 2.75) is 6.61 Å². The van der Waals surface area contributed by atoms with Gasteiger partial charge in [-0.25, -0.2) is 0 Å². The summed E-state index contributed by atoms with van der Waals surface area (Å²) in [5, 5.41) is 0.731. The van der Waals surface area contributed by atoms with Gasteiger partial charge < -0.3 is 4.74 Å². The molecule has 0 radical (unpaired) electrons. The summed E-state index contributed by atoms with van der Waals surface area (Å²) in [6.45, 7) is 0.548. The predicted molar refractivity (Wildman–Crippen MR) is 122 cm³/mol. The van der Waals surface area contributed by atoms with Gasteiger partial charge in [0.25, 0.3) is 0 Å². The van der Waals surface area contributed by atoms with E-state index in [9.17, 15) is 0 Å². The highest BCUT2D eigenvalue weighted by molar-refractivity contribution is 6.53. The van der Waals surface area contributed by atoms with Crippen molar-refractivity contribution in [1.29, 1.82) is 0 Å². The Balaban J connectivity index is 1.65. The van der Waals surface area contributed by atoms with Crippen LogP contribution in [0.25, 0.3) is 10.6 Å². The molecule has 0 heterocycles. The fraction of sp³-hybridized carbons (Fsp3) is 0.0370. The van der Waals surface area contributed by atoms with Gasteiger partial charge in [-0.15, -0.1) is 0 Å². The molecule has 0 fully saturated rings. The maximum atomic E-state index is 6.87. The highest BCUT2D eigenvalue weighted by atomic mass is 35.5. The fourth-order valence-corrected chi connectivity index (χ4v) is 3.56. The zero-order chi connectivity index (χ0) is 19.9. The molecule has 0 saturated carbocycles. The van der Waals surface area contributed by atoms with E-state index < -0.39 is 0 Å². The van der Waals surface area contributed by atoms with Gasteiger partial charge in [-0.2, -0.15) is 0 Å². The summed E-state index contributed by atoms with van der Waals surface area (Å²) >= 11 is 6.87. The third-order valence-corrected chi connectivity index (χ3v) is 5.11. The van der Waals surface area contributed by atoms with Crippen molar-refractivity contribution in [1.82, 2.24) is 0 Å². The molecular weight excluding hydrogens is 376 g/mol. The van der Waals surface area contributed by atoms with Gasteiger partial charge in [0, 0.05) is 5.57 Å². The molecule has 0 N–H and O–H groups in total. The minimum Gasteiger partial charge on any atom is -0.489 e. The zero-order valence-electron chi connectivity index (χ0n) is 16.0. The van der Waals surface area contributed by atoms with Gasteiger partial charge in [-0.05, 0) is 34.4 Å². The largest absolute Gasteiger partial charge is 0.489 e. The minimum absolute atomic E-state index is 0.548. The summed E-state index contributed by atoms with van der Waals surface area (Å²) < 4.78 is 5.93. The molecule has 0 amide bonds. The molecule has 0 aliphatic heterocycles. The topological polar surface area (TPSA) is 9.23 Å². The van der Waals surface area contributed by atoms with Crippen LogP contribution < -0.4 is 4.74 Å². The molecule has 0 bridgehead atoms. The number of benzene rings is 4. The van der Waals surface area contributed by atoms with E-state index >= 15 is 0 Å². The lowest BCUT2D eigenvalue weighted by Gasteiger charge is -2.13. The van der Waals surface area contributed by atoms with Crippen molar-refractivity contribution >= 4 is 22.2 Å². The van der Waals surface area contributed by atoms with E-state index in [1.807, 2.05) is 78.9 Å². The lowest BCUT2D eigenvalue weighted by molar-refractivity contribution is 0.306. The molecule has 0 unspecified atom stereocenters. The third-order valence-electron chi connectivity index (χ3n) is 4.70. The summed E-state index contributed by atoms with van der Waals surface area (Å²) in [7, 11) is 0. The normalized spacial score (nSPS) is 11.6. The second kappa shape index (κ2) is 9.27. The summed E-state index contributed by atoms with van der Waals surface area (Å²) in [5.74, 6) is 0.834. The Morgan fingerprint density at radius 1 is 0.552 bits per heavy atom. The van der Waals surface area contributed by atoms with Gasteiger partial charge in [0.2, 0.25) is 0 Å². The molecular formula is C27H21ClO. The van der Waals surface area contributed by atoms with E-state index in [2.05, 4.69) is 36.4 Å². The fourth-order valence-electron chi connectivity index (χ4n) is 3.21. The average molecular weight is 397 g/mol. The van der Waals surface area contributed by atoms with E-state index in [0.717, 1.165) is 38.6 Å². The van der Waals surface area contributed by atoms with Gasteiger partial charge in [0.1, 0.15) is 12.4 Å². The molecule has 1 nitrogen and oxygen atoms in total. The lowest BCUT2D eigenvalue weighted by Crippen LogP contribution is -1.96. The van der Waals surface area contributed by atoms with Crippen LogP contribution in [0.15, 0.2) is 115 Å². The van der Waals surface area contributed by atoms with E-state index in [4.69, 9.17) is 16.3 Å². The van der Waals surface area contributed by atoms with Crippen LogP contribution >= 0.6 is 11.6 Å². The number of ether oxygens (including phenoxy) is 1. The Hall–Kier alpha value is -3.29. The molecule has 0 saturated heterocycles. The molecule has 0 spiro atoms. The second-order valence-corrected chi connectivity index (χ2v) is 7.10. The first kappa shape index (κ1) is 19.0. The number of hydrogen-bond acceptors (Lipinski definition) is 1. The molecule has 4 aromatic carbocycles. The standard InChI is InChI=1S/C27H21ClO/c28-27(24-14-8-3-9-15-24)26(22-12-6-2-7-13-22)23-16-18-25(19-17-23)29-20-21-10-4-1-5-11-21/h1-19H,20H2/b27-26-. The van der Waals surface area contributed by atoms with Crippen molar-refractivity contribution in [2.75, 3.05) is 0 Å². The smallest absolute Gasteiger partial charge is 0.119 e. The van der Waals surface area contributed by atoms with Crippen LogP contribution in [0, 0.1) is 0 Å². The Labute approximate surface area is 176 Å². The minimum atomic E-state index is 0.548. The molecule has 0 aliphatic rings. The first-order valence-corrected chi connectivity index (χ1v) is 9.97. The summed E-state index contributed by atoms with van der Waals surface area (Å²) in [6, 6.07) is 38.6. The monoisotopic (exact) mass is 396 g/mol. The van der Waals surface area contributed by atoms with Crippen LogP contribution in [-0.4, -0.2) is 0 Å². The van der Waals surface area contributed by atoms with Crippen LogP contribution in [0.5, 0.6) is 5.75 Å². The Kier molecular flexibility index (Phi) is 6.09. The zero-order valence-corrected chi connectivity index (χ0v) is 16.7. The highest BCUT2D eigenvalue weighted by Crippen LogP contribution is 2.35. The van der Waals surface area contributed by atoms with E-state index in [1.54, 1.807) is 0 Å². The third kappa shape index (κ3) is 4.77.